The van der Waals surface area contributed by atoms with Gasteiger partial charge in [0.1, 0.15) is 17.0 Å². The first-order chi connectivity index (χ1) is 10.9. The lowest BCUT2D eigenvalue weighted by atomic mass is 10.1. The molecule has 4 heterocycles. The normalized spacial score (nSPS) is 22.6. The minimum Gasteiger partial charge on any atom is -0.346 e. The fraction of sp³-hybridized carbons (Fsp3) is 0.529. The summed E-state index contributed by atoms with van der Waals surface area (Å²) in [5, 5.41) is 4.76. The molecule has 1 aliphatic carbocycles. The molecule has 2 fully saturated rings. The van der Waals surface area contributed by atoms with Gasteiger partial charge in [0.25, 0.3) is 0 Å². The van der Waals surface area contributed by atoms with Gasteiger partial charge in [-0.1, -0.05) is 0 Å². The Morgan fingerprint density at radius 2 is 2.23 bits per heavy atom. The van der Waals surface area contributed by atoms with Gasteiger partial charge in [-0.25, -0.2) is 9.97 Å². The zero-order chi connectivity index (χ0) is 14.5. The van der Waals surface area contributed by atoms with Gasteiger partial charge in [0.2, 0.25) is 0 Å². The summed E-state index contributed by atoms with van der Waals surface area (Å²) in [7, 11) is 0. The first-order valence-electron chi connectivity index (χ1n) is 8.44. The molecular formula is C17H21N5. The highest BCUT2D eigenvalue weighted by atomic mass is 15.1. The van der Waals surface area contributed by atoms with Crippen molar-refractivity contribution in [3.8, 4) is 0 Å². The summed E-state index contributed by atoms with van der Waals surface area (Å²) in [4.78, 5) is 12.7. The number of rotatable bonds is 3. The lowest BCUT2D eigenvalue weighted by Crippen LogP contribution is -2.32. The average molecular weight is 295 g/mol. The molecule has 3 aromatic rings. The summed E-state index contributed by atoms with van der Waals surface area (Å²) in [6.07, 6.45) is 10.2. The van der Waals surface area contributed by atoms with Crippen LogP contribution in [0.25, 0.3) is 22.1 Å². The smallest absolute Gasteiger partial charge is 0.139 e. The van der Waals surface area contributed by atoms with E-state index in [1.165, 1.54) is 42.4 Å². The van der Waals surface area contributed by atoms with Crippen LogP contribution in [0.3, 0.4) is 0 Å². The molecule has 0 radical (unpaired) electrons. The number of hydrogen-bond donors (Lipinski definition) is 2. The van der Waals surface area contributed by atoms with Crippen LogP contribution < -0.4 is 5.32 Å². The van der Waals surface area contributed by atoms with Gasteiger partial charge in [0.15, 0.2) is 0 Å². The Morgan fingerprint density at radius 3 is 3.05 bits per heavy atom. The van der Waals surface area contributed by atoms with Crippen LogP contribution in [0, 0.1) is 5.92 Å². The molecule has 0 bridgehead atoms. The van der Waals surface area contributed by atoms with Crippen LogP contribution in [-0.2, 0) is 6.42 Å². The molecule has 0 aromatic carbocycles. The van der Waals surface area contributed by atoms with E-state index in [0.717, 1.165) is 36.6 Å². The second-order valence-electron chi connectivity index (χ2n) is 6.78. The highest BCUT2D eigenvalue weighted by Gasteiger charge is 2.28. The third kappa shape index (κ3) is 1.96. The quantitative estimate of drug-likeness (QED) is 0.781. The number of pyridine rings is 1. The third-order valence-corrected chi connectivity index (χ3v) is 5.11. The molecule has 114 valence electrons. The molecule has 1 aliphatic heterocycles. The Morgan fingerprint density at radius 1 is 1.27 bits per heavy atom. The number of imidazole rings is 1. The van der Waals surface area contributed by atoms with Gasteiger partial charge in [-0.05, 0) is 44.2 Å². The van der Waals surface area contributed by atoms with Crippen molar-refractivity contribution < 1.29 is 0 Å². The van der Waals surface area contributed by atoms with Gasteiger partial charge in [-0.2, -0.15) is 0 Å². The number of H-pyrrole nitrogens is 1. The van der Waals surface area contributed by atoms with Gasteiger partial charge in [-0.3, -0.25) is 0 Å². The molecule has 2 aliphatic rings. The molecule has 1 saturated heterocycles. The summed E-state index contributed by atoms with van der Waals surface area (Å²) >= 11 is 0. The Labute approximate surface area is 129 Å². The van der Waals surface area contributed by atoms with E-state index in [4.69, 9.17) is 4.98 Å². The van der Waals surface area contributed by atoms with Gasteiger partial charge >= 0.3 is 0 Å². The number of hydrogen-bond acceptors (Lipinski definition) is 3. The summed E-state index contributed by atoms with van der Waals surface area (Å²) < 4.78 is 2.53. The molecular weight excluding hydrogens is 274 g/mol. The maximum Gasteiger partial charge on any atom is 0.139 e. The minimum atomic E-state index is 0.521. The molecule has 3 aromatic heterocycles. The van der Waals surface area contributed by atoms with Crippen LogP contribution in [0.1, 0.15) is 37.5 Å². The molecule has 5 nitrogen and oxygen atoms in total. The van der Waals surface area contributed by atoms with Crippen LogP contribution in [0.5, 0.6) is 0 Å². The minimum absolute atomic E-state index is 0.521. The van der Waals surface area contributed by atoms with Crippen molar-refractivity contribution in [3.63, 3.8) is 0 Å². The number of nitrogens with one attached hydrogen (secondary N) is 2. The van der Waals surface area contributed by atoms with E-state index in [-0.39, 0.29) is 0 Å². The second kappa shape index (κ2) is 4.81. The van der Waals surface area contributed by atoms with E-state index in [1.807, 2.05) is 12.4 Å². The van der Waals surface area contributed by atoms with Crippen LogP contribution in [0.2, 0.25) is 0 Å². The van der Waals surface area contributed by atoms with Gasteiger partial charge in [0.05, 0.1) is 11.7 Å². The van der Waals surface area contributed by atoms with Crippen molar-refractivity contribution in [1.82, 2.24) is 24.8 Å². The number of fused-ring (bicyclic) bond motifs is 3. The summed E-state index contributed by atoms with van der Waals surface area (Å²) in [5.41, 5.74) is 3.29. The van der Waals surface area contributed by atoms with E-state index in [2.05, 4.69) is 25.9 Å². The monoisotopic (exact) mass is 295 g/mol. The molecule has 1 saturated carbocycles. The molecule has 5 rings (SSSR count). The maximum absolute atomic E-state index is 4.96. The van der Waals surface area contributed by atoms with Crippen molar-refractivity contribution in [2.24, 2.45) is 5.92 Å². The Bertz CT molecular complexity index is 820. The van der Waals surface area contributed by atoms with Crippen LogP contribution in [0.15, 0.2) is 18.5 Å². The Hall–Kier alpha value is -1.88. The fourth-order valence-corrected chi connectivity index (χ4v) is 3.81. The van der Waals surface area contributed by atoms with Crippen molar-refractivity contribution in [2.45, 2.75) is 38.1 Å². The lowest BCUT2D eigenvalue weighted by molar-refractivity contribution is 0.369. The largest absolute Gasteiger partial charge is 0.346 e. The van der Waals surface area contributed by atoms with Gasteiger partial charge in [0, 0.05) is 30.6 Å². The van der Waals surface area contributed by atoms with Crippen molar-refractivity contribution >= 4 is 22.1 Å². The second-order valence-corrected chi connectivity index (χ2v) is 6.78. The topological polar surface area (TPSA) is 58.5 Å². The Balaban J connectivity index is 1.74. The van der Waals surface area contributed by atoms with Gasteiger partial charge < -0.3 is 14.9 Å². The summed E-state index contributed by atoms with van der Waals surface area (Å²) in [6.45, 7) is 2.19. The van der Waals surface area contributed by atoms with Crippen LogP contribution >= 0.6 is 0 Å². The van der Waals surface area contributed by atoms with E-state index < -0.39 is 0 Å². The number of aromatic amines is 1. The van der Waals surface area contributed by atoms with Crippen molar-refractivity contribution in [1.29, 1.82) is 0 Å². The van der Waals surface area contributed by atoms with E-state index in [1.54, 1.807) is 0 Å². The van der Waals surface area contributed by atoms with Crippen LogP contribution in [0.4, 0.5) is 0 Å². The SMILES string of the molecule is c1cc2c(ncc3nc(CC4CC4)n(C4CCCNC4)c32)[nH]1. The summed E-state index contributed by atoms with van der Waals surface area (Å²) in [6, 6.07) is 2.66. The van der Waals surface area contributed by atoms with Gasteiger partial charge in [-0.15, -0.1) is 0 Å². The predicted octanol–water partition coefficient (Wildman–Crippen LogP) is 2.79. The number of aromatic nitrogens is 4. The predicted molar refractivity (Wildman–Crippen MR) is 87.0 cm³/mol. The standard InChI is InChI=1S/C17H21N5/c1-2-12(9-18-6-1)22-15(8-11-3-4-11)21-14-10-20-17-13(16(14)22)5-7-19-17/h5,7,10-12,18H,1-4,6,8-9H2,(H,19,20). The molecule has 1 atom stereocenters. The number of piperidine rings is 1. The fourth-order valence-electron chi connectivity index (χ4n) is 3.81. The highest BCUT2D eigenvalue weighted by molar-refractivity contribution is 6.01. The molecule has 5 heteroatoms. The van der Waals surface area contributed by atoms with E-state index in [0.29, 0.717) is 6.04 Å². The molecule has 22 heavy (non-hydrogen) atoms. The van der Waals surface area contributed by atoms with Crippen molar-refractivity contribution in [3.05, 3.63) is 24.3 Å². The lowest BCUT2D eigenvalue weighted by Gasteiger charge is -2.26. The first-order valence-corrected chi connectivity index (χ1v) is 8.44. The molecule has 0 amide bonds. The molecule has 1 unspecified atom stereocenters. The zero-order valence-electron chi connectivity index (χ0n) is 12.7. The number of nitrogens with zero attached hydrogens (tertiary/aromatic N) is 3. The molecule has 2 N–H and O–H groups in total. The van der Waals surface area contributed by atoms with Crippen molar-refractivity contribution in [2.75, 3.05) is 13.1 Å². The third-order valence-electron chi connectivity index (χ3n) is 5.11. The van der Waals surface area contributed by atoms with Crippen LogP contribution in [-0.4, -0.2) is 32.6 Å². The molecule has 0 spiro atoms. The first kappa shape index (κ1) is 12.6. The maximum atomic E-state index is 4.96. The van der Waals surface area contributed by atoms with E-state index in [9.17, 15) is 0 Å². The Kier molecular flexibility index (Phi) is 2.77. The highest BCUT2D eigenvalue weighted by Crippen LogP contribution is 2.36. The average Bonchev–Trinajstić information content (AvgIpc) is 3.10. The van der Waals surface area contributed by atoms with E-state index >= 15 is 0 Å². The zero-order valence-corrected chi connectivity index (χ0v) is 12.7. The summed E-state index contributed by atoms with van der Waals surface area (Å²) in [5.74, 6) is 2.11.